The van der Waals surface area contributed by atoms with E-state index in [1.807, 2.05) is 41.5 Å². The number of piperazine rings is 1. The molecule has 4 nitrogen and oxygen atoms in total. The van der Waals surface area contributed by atoms with Crippen molar-refractivity contribution in [1.82, 2.24) is 10.2 Å². The fourth-order valence-electron chi connectivity index (χ4n) is 1.57. The number of carbonyl (C=O) groups excluding carboxylic acids is 1. The van der Waals surface area contributed by atoms with Crippen LogP contribution in [0.2, 0.25) is 0 Å². The average molecular weight is 256 g/mol. The molecular formula is C14H28N2O2. The summed E-state index contributed by atoms with van der Waals surface area (Å²) in [7, 11) is 0. The number of amides is 1. The minimum atomic E-state index is -0.430. The number of carbonyl (C=O) groups is 1. The van der Waals surface area contributed by atoms with Crippen LogP contribution in [0.15, 0.2) is 12.2 Å². The van der Waals surface area contributed by atoms with Gasteiger partial charge in [-0.3, -0.25) is 0 Å². The van der Waals surface area contributed by atoms with Gasteiger partial charge in [0.1, 0.15) is 5.60 Å². The standard InChI is InChI=1S/C12H22N2O2.C2H6/c1-9(2)10-8-14(7-6-13-10)11(15)16-12(3,4)5;1-2/h10,13H,1,6-8H2,2-5H3;1-2H3/t10-;/m1./s1. The van der Waals surface area contributed by atoms with Gasteiger partial charge in [-0.25, -0.2) is 4.79 Å². The number of hydrogen-bond donors (Lipinski definition) is 1. The van der Waals surface area contributed by atoms with Crippen molar-refractivity contribution in [1.29, 1.82) is 0 Å². The molecule has 0 unspecified atom stereocenters. The Labute approximate surface area is 111 Å². The third-order valence-electron chi connectivity index (χ3n) is 2.42. The van der Waals surface area contributed by atoms with Crippen LogP contribution in [0.3, 0.4) is 0 Å². The summed E-state index contributed by atoms with van der Waals surface area (Å²) < 4.78 is 5.33. The maximum Gasteiger partial charge on any atom is 0.410 e. The second kappa shape index (κ2) is 7.41. The molecule has 106 valence electrons. The van der Waals surface area contributed by atoms with Crippen molar-refractivity contribution in [2.24, 2.45) is 0 Å². The van der Waals surface area contributed by atoms with Crippen LogP contribution >= 0.6 is 0 Å². The number of nitrogens with zero attached hydrogens (tertiary/aromatic N) is 1. The molecule has 1 aliphatic rings. The van der Waals surface area contributed by atoms with Crippen molar-refractivity contribution in [3.05, 3.63) is 12.2 Å². The van der Waals surface area contributed by atoms with Gasteiger partial charge >= 0.3 is 6.09 Å². The van der Waals surface area contributed by atoms with E-state index in [0.717, 1.165) is 12.1 Å². The molecule has 0 aromatic rings. The number of hydrogen-bond acceptors (Lipinski definition) is 3. The highest BCUT2D eigenvalue weighted by Gasteiger charge is 2.27. The van der Waals surface area contributed by atoms with Crippen molar-refractivity contribution in [2.75, 3.05) is 19.6 Å². The van der Waals surface area contributed by atoms with Crippen LogP contribution in [0.25, 0.3) is 0 Å². The second-order valence-corrected chi connectivity index (χ2v) is 5.28. The van der Waals surface area contributed by atoms with E-state index in [1.165, 1.54) is 0 Å². The maximum absolute atomic E-state index is 11.8. The van der Waals surface area contributed by atoms with Crippen molar-refractivity contribution < 1.29 is 9.53 Å². The molecule has 0 aromatic carbocycles. The summed E-state index contributed by atoms with van der Waals surface area (Å²) in [5.41, 5.74) is 0.619. The van der Waals surface area contributed by atoms with E-state index in [0.29, 0.717) is 13.1 Å². The maximum atomic E-state index is 11.8. The zero-order chi connectivity index (χ0) is 14.3. The normalized spacial score (nSPS) is 19.7. The highest BCUT2D eigenvalue weighted by Crippen LogP contribution is 2.13. The van der Waals surface area contributed by atoms with Crippen LogP contribution in [0.1, 0.15) is 41.5 Å². The lowest BCUT2D eigenvalue weighted by molar-refractivity contribution is 0.0207. The Morgan fingerprint density at radius 1 is 1.39 bits per heavy atom. The highest BCUT2D eigenvalue weighted by atomic mass is 16.6. The fraction of sp³-hybridized carbons (Fsp3) is 0.786. The summed E-state index contributed by atoms with van der Waals surface area (Å²) >= 11 is 0. The third kappa shape index (κ3) is 6.05. The molecule has 1 aliphatic heterocycles. The first-order valence-electron chi connectivity index (χ1n) is 6.66. The number of rotatable bonds is 1. The van der Waals surface area contributed by atoms with Gasteiger partial charge in [-0.2, -0.15) is 0 Å². The summed E-state index contributed by atoms with van der Waals surface area (Å²) in [5.74, 6) is 0. The molecule has 0 radical (unpaired) electrons. The minimum Gasteiger partial charge on any atom is -0.444 e. The molecule has 1 rings (SSSR count). The number of ether oxygens (including phenoxy) is 1. The molecule has 0 aliphatic carbocycles. The molecule has 1 amide bonds. The fourth-order valence-corrected chi connectivity index (χ4v) is 1.57. The lowest BCUT2D eigenvalue weighted by Crippen LogP contribution is -2.53. The smallest absolute Gasteiger partial charge is 0.410 e. The molecular weight excluding hydrogens is 228 g/mol. The zero-order valence-corrected chi connectivity index (χ0v) is 12.7. The topological polar surface area (TPSA) is 41.6 Å². The predicted molar refractivity (Wildman–Crippen MR) is 75.8 cm³/mol. The number of nitrogens with one attached hydrogen (secondary N) is 1. The highest BCUT2D eigenvalue weighted by molar-refractivity contribution is 5.68. The predicted octanol–water partition coefficient (Wildman–Crippen LogP) is 2.80. The van der Waals surface area contributed by atoms with Gasteiger partial charge in [-0.15, -0.1) is 0 Å². The summed E-state index contributed by atoms with van der Waals surface area (Å²) in [6, 6.07) is 0.182. The summed E-state index contributed by atoms with van der Waals surface area (Å²) in [5, 5.41) is 3.32. The molecule has 1 atom stereocenters. The SMILES string of the molecule is C=C(C)[C@H]1CN(C(=O)OC(C)(C)C)CCN1.CC. The third-order valence-corrected chi connectivity index (χ3v) is 2.42. The Morgan fingerprint density at radius 2 is 1.94 bits per heavy atom. The van der Waals surface area contributed by atoms with E-state index in [2.05, 4.69) is 11.9 Å². The van der Waals surface area contributed by atoms with E-state index >= 15 is 0 Å². The van der Waals surface area contributed by atoms with Crippen LogP contribution in [0.5, 0.6) is 0 Å². The van der Waals surface area contributed by atoms with Gasteiger partial charge in [0, 0.05) is 25.7 Å². The van der Waals surface area contributed by atoms with Gasteiger partial charge in [-0.05, 0) is 27.7 Å². The molecule has 1 saturated heterocycles. The first kappa shape index (κ1) is 17.0. The zero-order valence-electron chi connectivity index (χ0n) is 12.7. The van der Waals surface area contributed by atoms with Gasteiger partial charge in [0.25, 0.3) is 0 Å². The van der Waals surface area contributed by atoms with Gasteiger partial charge in [0.2, 0.25) is 0 Å². The Kier molecular flexibility index (Phi) is 6.99. The van der Waals surface area contributed by atoms with Crippen LogP contribution < -0.4 is 5.32 Å². The first-order valence-corrected chi connectivity index (χ1v) is 6.66. The van der Waals surface area contributed by atoms with Crippen LogP contribution in [-0.2, 0) is 4.74 Å². The Hall–Kier alpha value is -1.03. The molecule has 0 aromatic heterocycles. The van der Waals surface area contributed by atoms with Gasteiger partial charge in [0.05, 0.1) is 0 Å². The van der Waals surface area contributed by atoms with Crippen molar-refractivity contribution in [3.63, 3.8) is 0 Å². The Bertz CT molecular complexity index is 282. The summed E-state index contributed by atoms with van der Waals surface area (Å²) in [6.07, 6.45) is -0.236. The van der Waals surface area contributed by atoms with Crippen LogP contribution in [0.4, 0.5) is 4.79 Å². The minimum absolute atomic E-state index is 0.182. The molecule has 1 N–H and O–H groups in total. The molecule has 0 saturated carbocycles. The van der Waals surface area contributed by atoms with E-state index in [-0.39, 0.29) is 12.1 Å². The molecule has 0 spiro atoms. The summed E-state index contributed by atoms with van der Waals surface area (Å²) in [4.78, 5) is 13.6. The lowest BCUT2D eigenvalue weighted by atomic mass is 10.1. The molecule has 1 heterocycles. The quantitative estimate of drug-likeness (QED) is 0.734. The van der Waals surface area contributed by atoms with Crippen molar-refractivity contribution >= 4 is 6.09 Å². The average Bonchev–Trinajstić information content (AvgIpc) is 2.29. The first-order chi connectivity index (χ1) is 8.29. The molecule has 0 bridgehead atoms. The Morgan fingerprint density at radius 3 is 2.39 bits per heavy atom. The molecule has 1 fully saturated rings. The monoisotopic (exact) mass is 256 g/mol. The van der Waals surface area contributed by atoms with Crippen molar-refractivity contribution in [2.45, 2.75) is 53.2 Å². The van der Waals surface area contributed by atoms with E-state index < -0.39 is 5.60 Å². The Balaban J connectivity index is 0.00000137. The largest absolute Gasteiger partial charge is 0.444 e. The van der Waals surface area contributed by atoms with E-state index in [1.54, 1.807) is 4.90 Å². The van der Waals surface area contributed by atoms with Gasteiger partial charge in [0.15, 0.2) is 0 Å². The second-order valence-electron chi connectivity index (χ2n) is 5.28. The van der Waals surface area contributed by atoms with Gasteiger partial charge in [-0.1, -0.05) is 26.0 Å². The van der Waals surface area contributed by atoms with E-state index in [4.69, 9.17) is 4.74 Å². The molecule has 4 heteroatoms. The van der Waals surface area contributed by atoms with Crippen LogP contribution in [0, 0.1) is 0 Å². The molecule has 18 heavy (non-hydrogen) atoms. The summed E-state index contributed by atoms with van der Waals surface area (Å²) in [6.45, 7) is 17.6. The van der Waals surface area contributed by atoms with Gasteiger partial charge < -0.3 is 15.0 Å². The lowest BCUT2D eigenvalue weighted by Gasteiger charge is -2.35. The van der Waals surface area contributed by atoms with Crippen LogP contribution in [-0.4, -0.2) is 42.3 Å². The van der Waals surface area contributed by atoms with E-state index in [9.17, 15) is 4.79 Å². The van der Waals surface area contributed by atoms with Crippen molar-refractivity contribution in [3.8, 4) is 0 Å².